The molecule has 0 atom stereocenters. The Bertz CT molecular complexity index is 732. The van der Waals surface area contributed by atoms with Gasteiger partial charge in [0.1, 0.15) is 5.75 Å². The van der Waals surface area contributed by atoms with Gasteiger partial charge in [0.15, 0.2) is 5.96 Å². The van der Waals surface area contributed by atoms with E-state index < -0.39 is 0 Å². The minimum absolute atomic E-state index is 0.593. The molecule has 0 saturated heterocycles. The molecular formula is C23H33N3O3. The quantitative estimate of drug-likeness (QED) is 0.326. The van der Waals surface area contributed by atoms with Crippen molar-refractivity contribution in [2.24, 2.45) is 4.99 Å². The maximum atomic E-state index is 5.64. The summed E-state index contributed by atoms with van der Waals surface area (Å²) in [5.74, 6) is 1.66. The van der Waals surface area contributed by atoms with Crippen LogP contribution in [0.25, 0.3) is 0 Å². The summed E-state index contributed by atoms with van der Waals surface area (Å²) < 4.78 is 16.1. The number of hydrogen-bond donors (Lipinski definition) is 2. The highest BCUT2D eigenvalue weighted by Gasteiger charge is 2.01. The van der Waals surface area contributed by atoms with E-state index >= 15 is 0 Å². The van der Waals surface area contributed by atoms with Crippen LogP contribution in [0.5, 0.6) is 5.75 Å². The normalized spacial score (nSPS) is 11.3. The molecule has 0 heterocycles. The summed E-state index contributed by atoms with van der Waals surface area (Å²) in [5, 5.41) is 6.71. The van der Waals surface area contributed by atoms with Crippen molar-refractivity contribution >= 4 is 5.96 Å². The molecule has 2 N–H and O–H groups in total. The molecule has 0 bridgehead atoms. The zero-order valence-corrected chi connectivity index (χ0v) is 17.7. The van der Waals surface area contributed by atoms with Crippen molar-refractivity contribution in [3.8, 4) is 5.75 Å². The van der Waals surface area contributed by atoms with Crippen molar-refractivity contribution in [3.05, 3.63) is 65.2 Å². The lowest BCUT2D eigenvalue weighted by atomic mass is 10.1. The third kappa shape index (κ3) is 8.98. The Balaban J connectivity index is 1.71. The van der Waals surface area contributed by atoms with Crippen molar-refractivity contribution in [3.63, 3.8) is 0 Å². The van der Waals surface area contributed by atoms with Gasteiger partial charge >= 0.3 is 0 Å². The SMILES string of the molecule is CCOCCOCc1cccc(CNC(=NC)NCCc2ccc(OC)cc2)c1. The Morgan fingerprint density at radius 2 is 1.69 bits per heavy atom. The third-order valence-corrected chi connectivity index (χ3v) is 4.38. The molecule has 0 aliphatic rings. The molecule has 0 aliphatic carbocycles. The fraction of sp³-hybridized carbons (Fsp3) is 0.435. The number of rotatable bonds is 12. The Morgan fingerprint density at radius 3 is 2.41 bits per heavy atom. The van der Waals surface area contributed by atoms with Crippen molar-refractivity contribution < 1.29 is 14.2 Å². The molecular weight excluding hydrogens is 366 g/mol. The van der Waals surface area contributed by atoms with Crippen LogP contribution in [-0.2, 0) is 29.0 Å². The van der Waals surface area contributed by atoms with Crippen molar-refractivity contribution in [1.29, 1.82) is 0 Å². The van der Waals surface area contributed by atoms with Crippen LogP contribution in [0.2, 0.25) is 0 Å². The van der Waals surface area contributed by atoms with Gasteiger partial charge in [0, 0.05) is 26.7 Å². The lowest BCUT2D eigenvalue weighted by molar-refractivity contribution is 0.0453. The van der Waals surface area contributed by atoms with Gasteiger partial charge in [-0.15, -0.1) is 0 Å². The van der Waals surface area contributed by atoms with Crippen LogP contribution >= 0.6 is 0 Å². The highest BCUT2D eigenvalue weighted by atomic mass is 16.5. The number of methoxy groups -OCH3 is 1. The average molecular weight is 400 g/mol. The lowest BCUT2D eigenvalue weighted by Gasteiger charge is -2.13. The molecule has 0 aromatic heterocycles. The summed E-state index contributed by atoms with van der Waals surface area (Å²) in [5.41, 5.74) is 3.60. The minimum Gasteiger partial charge on any atom is -0.497 e. The molecule has 2 aromatic carbocycles. The van der Waals surface area contributed by atoms with Crippen LogP contribution in [-0.4, -0.2) is 46.5 Å². The highest BCUT2D eigenvalue weighted by Crippen LogP contribution is 2.11. The zero-order valence-electron chi connectivity index (χ0n) is 17.7. The number of nitrogens with one attached hydrogen (secondary N) is 2. The first-order valence-electron chi connectivity index (χ1n) is 10.1. The molecule has 0 spiro atoms. The molecule has 0 radical (unpaired) electrons. The van der Waals surface area contributed by atoms with Gasteiger partial charge in [0.05, 0.1) is 26.9 Å². The van der Waals surface area contributed by atoms with E-state index in [0.29, 0.717) is 26.4 Å². The van der Waals surface area contributed by atoms with E-state index in [-0.39, 0.29) is 0 Å². The maximum Gasteiger partial charge on any atom is 0.191 e. The van der Waals surface area contributed by atoms with Crippen molar-refractivity contribution in [2.45, 2.75) is 26.5 Å². The van der Waals surface area contributed by atoms with Gasteiger partial charge < -0.3 is 24.8 Å². The van der Waals surface area contributed by atoms with E-state index in [2.05, 4.69) is 52.0 Å². The van der Waals surface area contributed by atoms with Gasteiger partial charge in [-0.1, -0.05) is 36.4 Å². The molecule has 0 unspecified atom stereocenters. The predicted molar refractivity (Wildman–Crippen MR) is 117 cm³/mol. The summed E-state index contributed by atoms with van der Waals surface area (Å²) in [6, 6.07) is 16.5. The number of benzene rings is 2. The number of aliphatic imine (C=N–C) groups is 1. The standard InChI is InChI=1S/C23H33N3O3/c1-4-28-14-15-29-18-21-7-5-6-20(16-21)17-26-23(24-2)25-13-12-19-8-10-22(27-3)11-9-19/h5-11,16H,4,12-15,17-18H2,1-3H3,(H2,24,25,26). The molecule has 0 fully saturated rings. The largest absolute Gasteiger partial charge is 0.497 e. The number of ether oxygens (including phenoxy) is 3. The smallest absolute Gasteiger partial charge is 0.191 e. The van der Waals surface area contributed by atoms with E-state index in [9.17, 15) is 0 Å². The number of nitrogens with zero attached hydrogens (tertiary/aromatic N) is 1. The van der Waals surface area contributed by atoms with Crippen molar-refractivity contribution in [1.82, 2.24) is 10.6 Å². The average Bonchev–Trinajstić information content (AvgIpc) is 2.76. The van der Waals surface area contributed by atoms with Gasteiger partial charge in [0.2, 0.25) is 0 Å². The van der Waals surface area contributed by atoms with Crippen LogP contribution in [0, 0.1) is 0 Å². The maximum absolute atomic E-state index is 5.64. The van der Waals surface area contributed by atoms with Gasteiger partial charge in [-0.05, 0) is 42.2 Å². The molecule has 0 saturated carbocycles. The Labute approximate surface area is 174 Å². The first-order chi connectivity index (χ1) is 14.2. The van der Waals surface area contributed by atoms with Gasteiger partial charge in [0.25, 0.3) is 0 Å². The van der Waals surface area contributed by atoms with E-state index in [0.717, 1.165) is 36.8 Å². The zero-order chi connectivity index (χ0) is 20.7. The predicted octanol–water partition coefficient (Wildman–Crippen LogP) is 3.16. The lowest BCUT2D eigenvalue weighted by Crippen LogP contribution is -2.37. The summed E-state index contributed by atoms with van der Waals surface area (Å²) in [7, 11) is 3.46. The van der Waals surface area contributed by atoms with Gasteiger partial charge in [-0.3, -0.25) is 4.99 Å². The van der Waals surface area contributed by atoms with E-state index in [1.54, 1.807) is 14.2 Å². The minimum atomic E-state index is 0.593. The number of guanidine groups is 1. The molecule has 6 heteroatoms. The van der Waals surface area contributed by atoms with Gasteiger partial charge in [-0.2, -0.15) is 0 Å². The van der Waals surface area contributed by atoms with E-state index in [1.165, 1.54) is 11.1 Å². The Kier molecular flexibility index (Phi) is 10.6. The summed E-state index contributed by atoms with van der Waals surface area (Å²) in [6.07, 6.45) is 0.916. The second-order valence-electron chi connectivity index (χ2n) is 6.52. The molecule has 6 nitrogen and oxygen atoms in total. The van der Waals surface area contributed by atoms with E-state index in [1.807, 2.05) is 19.1 Å². The Hall–Kier alpha value is -2.57. The first-order valence-corrected chi connectivity index (χ1v) is 10.1. The van der Waals surface area contributed by atoms with Crippen LogP contribution in [0.1, 0.15) is 23.6 Å². The van der Waals surface area contributed by atoms with E-state index in [4.69, 9.17) is 14.2 Å². The van der Waals surface area contributed by atoms with Crippen LogP contribution in [0.15, 0.2) is 53.5 Å². The molecule has 0 aliphatic heterocycles. The molecule has 29 heavy (non-hydrogen) atoms. The fourth-order valence-corrected chi connectivity index (χ4v) is 2.81. The van der Waals surface area contributed by atoms with Crippen LogP contribution < -0.4 is 15.4 Å². The second-order valence-corrected chi connectivity index (χ2v) is 6.52. The molecule has 158 valence electrons. The van der Waals surface area contributed by atoms with Crippen LogP contribution in [0.3, 0.4) is 0 Å². The molecule has 2 aromatic rings. The molecule has 2 rings (SSSR count). The second kappa shape index (κ2) is 13.6. The molecule has 0 amide bonds. The van der Waals surface area contributed by atoms with Crippen LogP contribution in [0.4, 0.5) is 0 Å². The number of hydrogen-bond acceptors (Lipinski definition) is 4. The fourth-order valence-electron chi connectivity index (χ4n) is 2.81. The van der Waals surface area contributed by atoms with Crippen molar-refractivity contribution in [2.75, 3.05) is 40.5 Å². The first kappa shape index (κ1) is 22.7. The topological polar surface area (TPSA) is 64.1 Å². The summed E-state index contributed by atoms with van der Waals surface area (Å²) in [4.78, 5) is 4.30. The summed E-state index contributed by atoms with van der Waals surface area (Å²) >= 11 is 0. The van der Waals surface area contributed by atoms with Gasteiger partial charge in [-0.25, -0.2) is 0 Å². The summed E-state index contributed by atoms with van der Waals surface area (Å²) in [6.45, 7) is 6.06. The monoisotopic (exact) mass is 399 g/mol. The Morgan fingerprint density at radius 1 is 0.931 bits per heavy atom. The third-order valence-electron chi connectivity index (χ3n) is 4.38. The highest BCUT2D eigenvalue weighted by molar-refractivity contribution is 5.79.